The second-order valence-corrected chi connectivity index (χ2v) is 3.90. The maximum absolute atomic E-state index is 4.96. The Bertz CT molecular complexity index is 50.1. The maximum Gasteiger partial charge on any atom is 0.0822 e. The first-order valence-electron chi connectivity index (χ1n) is 4.32. The lowest BCUT2D eigenvalue weighted by Crippen LogP contribution is -1.98. The van der Waals surface area contributed by atoms with Gasteiger partial charge in [0.15, 0.2) is 0 Å². The molecule has 11 heavy (non-hydrogen) atoms. The number of thioether (sulfide) groups is 1. The van der Waals surface area contributed by atoms with Crippen molar-refractivity contribution in [2.45, 2.75) is 25.7 Å². The molecule has 1 rings (SSSR count). The Morgan fingerprint density at radius 3 is 1.82 bits per heavy atom. The molecule has 1 fully saturated rings. The van der Waals surface area contributed by atoms with Crippen LogP contribution in [0.5, 0.6) is 0 Å². The Morgan fingerprint density at radius 1 is 0.727 bits per heavy atom. The molecule has 2 nitrogen and oxygen atoms in total. The summed E-state index contributed by atoms with van der Waals surface area (Å²) in [6, 6.07) is 0. The van der Waals surface area contributed by atoms with E-state index in [1.165, 1.54) is 24.3 Å². The molecule has 0 aromatic heterocycles. The van der Waals surface area contributed by atoms with Gasteiger partial charge in [0.25, 0.3) is 0 Å². The lowest BCUT2D eigenvalue weighted by molar-refractivity contribution is -0.295. The SMILES string of the molecule is C1CCSCCCCOOC1. The van der Waals surface area contributed by atoms with Crippen molar-refractivity contribution in [1.82, 2.24) is 0 Å². The van der Waals surface area contributed by atoms with E-state index >= 15 is 0 Å². The highest BCUT2D eigenvalue weighted by Gasteiger charge is 1.96. The number of rotatable bonds is 0. The summed E-state index contributed by atoms with van der Waals surface area (Å²) < 4.78 is 0. The van der Waals surface area contributed by atoms with Crippen LogP contribution in [0, 0.1) is 0 Å². The first-order valence-corrected chi connectivity index (χ1v) is 5.48. The fraction of sp³-hybridized carbons (Fsp3) is 1.00. The molecule has 3 heteroatoms. The number of hydrogen-bond donors (Lipinski definition) is 0. The average Bonchev–Trinajstić information content (AvgIpc) is 2.08. The van der Waals surface area contributed by atoms with Gasteiger partial charge in [0, 0.05) is 0 Å². The van der Waals surface area contributed by atoms with Gasteiger partial charge in [-0.3, -0.25) is 0 Å². The lowest BCUT2D eigenvalue weighted by Gasteiger charge is -2.00. The molecule has 0 bridgehead atoms. The monoisotopic (exact) mass is 176 g/mol. The van der Waals surface area contributed by atoms with E-state index < -0.39 is 0 Å². The normalized spacial score (nSPS) is 24.0. The summed E-state index contributed by atoms with van der Waals surface area (Å²) in [6.07, 6.45) is 4.78. The highest BCUT2D eigenvalue weighted by Crippen LogP contribution is 2.09. The van der Waals surface area contributed by atoms with Gasteiger partial charge < -0.3 is 0 Å². The molecule has 0 spiro atoms. The largest absolute Gasteiger partial charge is 0.237 e. The van der Waals surface area contributed by atoms with E-state index in [1.807, 2.05) is 11.8 Å². The van der Waals surface area contributed by atoms with Gasteiger partial charge in [0.2, 0.25) is 0 Å². The second-order valence-electron chi connectivity index (χ2n) is 2.67. The van der Waals surface area contributed by atoms with Crippen molar-refractivity contribution in [2.24, 2.45) is 0 Å². The van der Waals surface area contributed by atoms with Gasteiger partial charge in [-0.25, -0.2) is 9.78 Å². The van der Waals surface area contributed by atoms with Gasteiger partial charge in [-0.15, -0.1) is 0 Å². The Labute approximate surface area is 72.6 Å². The molecule has 1 heterocycles. The third kappa shape index (κ3) is 5.53. The van der Waals surface area contributed by atoms with Crippen molar-refractivity contribution in [2.75, 3.05) is 24.7 Å². The zero-order valence-corrected chi connectivity index (χ0v) is 7.70. The minimum absolute atomic E-state index is 0.764. The minimum Gasteiger partial charge on any atom is -0.237 e. The Kier molecular flexibility index (Phi) is 5.91. The average molecular weight is 176 g/mol. The molecule has 1 aliphatic heterocycles. The molecule has 1 saturated heterocycles. The standard InChI is InChI=1S/C8H16O2S/c1-3-7-11-8-4-2-6-10-9-5-1/h1-8H2. The van der Waals surface area contributed by atoms with E-state index in [-0.39, 0.29) is 0 Å². The van der Waals surface area contributed by atoms with E-state index in [4.69, 9.17) is 9.78 Å². The molecule has 0 aromatic rings. The van der Waals surface area contributed by atoms with Crippen molar-refractivity contribution in [1.29, 1.82) is 0 Å². The Balaban J connectivity index is 2.02. The fourth-order valence-electron chi connectivity index (χ4n) is 0.950. The Hall–Kier alpha value is 0.270. The van der Waals surface area contributed by atoms with Crippen LogP contribution in [0.3, 0.4) is 0 Å². The summed E-state index contributed by atoms with van der Waals surface area (Å²) >= 11 is 2.05. The van der Waals surface area contributed by atoms with Crippen molar-refractivity contribution >= 4 is 11.8 Å². The van der Waals surface area contributed by atoms with Gasteiger partial charge in [0.05, 0.1) is 13.2 Å². The van der Waals surface area contributed by atoms with E-state index in [1.54, 1.807) is 0 Å². The van der Waals surface area contributed by atoms with Crippen LogP contribution < -0.4 is 0 Å². The third-order valence-corrected chi connectivity index (χ3v) is 2.77. The van der Waals surface area contributed by atoms with Gasteiger partial charge in [-0.05, 0) is 37.2 Å². The molecule has 0 unspecified atom stereocenters. The van der Waals surface area contributed by atoms with Crippen LogP contribution >= 0.6 is 11.8 Å². The summed E-state index contributed by atoms with van der Waals surface area (Å²) in [4.78, 5) is 9.91. The smallest absolute Gasteiger partial charge is 0.0822 e. The van der Waals surface area contributed by atoms with Gasteiger partial charge >= 0.3 is 0 Å². The van der Waals surface area contributed by atoms with Crippen molar-refractivity contribution < 1.29 is 9.78 Å². The van der Waals surface area contributed by atoms with Crippen LogP contribution in [-0.2, 0) is 9.78 Å². The molecule has 0 N–H and O–H groups in total. The topological polar surface area (TPSA) is 18.5 Å². The van der Waals surface area contributed by atoms with E-state index in [0.717, 1.165) is 26.1 Å². The zero-order chi connectivity index (χ0) is 7.78. The van der Waals surface area contributed by atoms with Crippen molar-refractivity contribution in [3.63, 3.8) is 0 Å². The van der Waals surface area contributed by atoms with Crippen LogP contribution in [0.25, 0.3) is 0 Å². The fourth-order valence-corrected chi connectivity index (χ4v) is 1.97. The van der Waals surface area contributed by atoms with Gasteiger partial charge in [-0.1, -0.05) is 0 Å². The first-order chi connectivity index (χ1) is 5.50. The summed E-state index contributed by atoms with van der Waals surface area (Å²) in [6.45, 7) is 1.53. The van der Waals surface area contributed by atoms with Gasteiger partial charge in [-0.2, -0.15) is 11.8 Å². The second kappa shape index (κ2) is 6.95. The highest BCUT2D eigenvalue weighted by molar-refractivity contribution is 7.99. The molecule has 0 amide bonds. The van der Waals surface area contributed by atoms with Crippen LogP contribution in [0.2, 0.25) is 0 Å². The molecule has 66 valence electrons. The Morgan fingerprint density at radius 2 is 1.27 bits per heavy atom. The van der Waals surface area contributed by atoms with E-state index in [0.29, 0.717) is 0 Å². The summed E-state index contributed by atoms with van der Waals surface area (Å²) in [7, 11) is 0. The van der Waals surface area contributed by atoms with E-state index in [2.05, 4.69) is 0 Å². The number of hydrogen-bond acceptors (Lipinski definition) is 3. The highest BCUT2D eigenvalue weighted by atomic mass is 32.2. The molecule has 0 radical (unpaired) electrons. The zero-order valence-electron chi connectivity index (χ0n) is 6.88. The molecular weight excluding hydrogens is 160 g/mol. The van der Waals surface area contributed by atoms with E-state index in [9.17, 15) is 0 Å². The quantitative estimate of drug-likeness (QED) is 0.527. The van der Waals surface area contributed by atoms with Crippen LogP contribution in [-0.4, -0.2) is 24.7 Å². The van der Waals surface area contributed by atoms with Crippen molar-refractivity contribution in [3.8, 4) is 0 Å². The summed E-state index contributed by atoms with van der Waals surface area (Å²) in [5, 5.41) is 0. The first kappa shape index (κ1) is 9.36. The molecule has 0 aromatic carbocycles. The summed E-state index contributed by atoms with van der Waals surface area (Å²) in [5.74, 6) is 2.56. The van der Waals surface area contributed by atoms with Crippen molar-refractivity contribution in [3.05, 3.63) is 0 Å². The van der Waals surface area contributed by atoms with Crippen LogP contribution in [0.15, 0.2) is 0 Å². The summed E-state index contributed by atoms with van der Waals surface area (Å²) in [5.41, 5.74) is 0. The molecule has 0 saturated carbocycles. The van der Waals surface area contributed by atoms with Gasteiger partial charge in [0.1, 0.15) is 0 Å². The molecule has 0 atom stereocenters. The van der Waals surface area contributed by atoms with Crippen LogP contribution in [0.1, 0.15) is 25.7 Å². The minimum atomic E-state index is 0.764. The molecule has 1 aliphatic rings. The maximum atomic E-state index is 4.96. The molecule has 0 aliphatic carbocycles. The predicted molar refractivity (Wildman–Crippen MR) is 47.7 cm³/mol. The third-order valence-electron chi connectivity index (χ3n) is 1.62. The molecular formula is C8H16O2S. The lowest BCUT2D eigenvalue weighted by atomic mass is 10.4. The predicted octanol–water partition coefficient (Wildman–Crippen LogP) is 2.24. The van der Waals surface area contributed by atoms with Crippen LogP contribution in [0.4, 0.5) is 0 Å².